The van der Waals surface area contributed by atoms with E-state index in [-0.39, 0.29) is 6.61 Å². The molecule has 1 heterocycles. The van der Waals surface area contributed by atoms with Gasteiger partial charge in [-0.05, 0) is 43.4 Å². The number of thioether (sulfide) groups is 1. The zero-order chi connectivity index (χ0) is 10.1. The van der Waals surface area contributed by atoms with Crippen molar-refractivity contribution >= 4 is 11.8 Å². The van der Waals surface area contributed by atoms with E-state index < -0.39 is 0 Å². The van der Waals surface area contributed by atoms with Crippen LogP contribution in [0.2, 0.25) is 0 Å². The van der Waals surface area contributed by atoms with E-state index in [0.29, 0.717) is 6.61 Å². The van der Waals surface area contributed by atoms with E-state index >= 15 is 0 Å². The van der Waals surface area contributed by atoms with Crippen molar-refractivity contribution in [3.8, 4) is 0 Å². The Balaban J connectivity index is 1.75. The van der Waals surface area contributed by atoms with Gasteiger partial charge < -0.3 is 15.2 Å². The Morgan fingerprint density at radius 1 is 1.43 bits per heavy atom. The van der Waals surface area contributed by atoms with Crippen LogP contribution in [0.15, 0.2) is 0 Å². The van der Waals surface area contributed by atoms with Gasteiger partial charge in [-0.3, -0.25) is 0 Å². The maximum atomic E-state index is 8.47. The summed E-state index contributed by atoms with van der Waals surface area (Å²) in [7, 11) is 0. The fourth-order valence-electron chi connectivity index (χ4n) is 1.52. The highest BCUT2D eigenvalue weighted by Crippen LogP contribution is 2.22. The van der Waals surface area contributed by atoms with E-state index in [1.807, 2.05) is 0 Å². The summed E-state index contributed by atoms with van der Waals surface area (Å²) in [5.74, 6) is 3.55. The Bertz CT molecular complexity index is 129. The molecule has 0 aliphatic carbocycles. The van der Waals surface area contributed by atoms with Crippen LogP contribution >= 0.6 is 11.8 Å². The maximum Gasteiger partial charge on any atom is 0.0697 e. The number of nitrogens with one attached hydrogen (secondary N) is 1. The van der Waals surface area contributed by atoms with Gasteiger partial charge in [-0.25, -0.2) is 0 Å². The molecule has 1 atom stereocenters. The van der Waals surface area contributed by atoms with E-state index in [4.69, 9.17) is 9.84 Å². The van der Waals surface area contributed by atoms with E-state index in [1.165, 1.54) is 17.9 Å². The van der Waals surface area contributed by atoms with Gasteiger partial charge in [0.15, 0.2) is 0 Å². The molecule has 14 heavy (non-hydrogen) atoms. The lowest BCUT2D eigenvalue weighted by molar-refractivity contribution is 0.0906. The molecule has 0 bridgehead atoms. The minimum atomic E-state index is 0.132. The van der Waals surface area contributed by atoms with Gasteiger partial charge >= 0.3 is 0 Å². The first-order chi connectivity index (χ1) is 6.93. The molecule has 4 heteroatoms. The average Bonchev–Trinajstić information content (AvgIpc) is 2.69. The summed E-state index contributed by atoms with van der Waals surface area (Å²) in [6.07, 6.45) is 2.42. The Morgan fingerprint density at radius 3 is 3.07 bits per heavy atom. The van der Waals surface area contributed by atoms with Gasteiger partial charge in [0.2, 0.25) is 0 Å². The van der Waals surface area contributed by atoms with Crippen molar-refractivity contribution in [3.05, 3.63) is 0 Å². The van der Waals surface area contributed by atoms with E-state index in [1.54, 1.807) is 0 Å². The average molecular weight is 219 g/mol. The van der Waals surface area contributed by atoms with Gasteiger partial charge in [-0.1, -0.05) is 0 Å². The molecule has 1 rings (SSSR count). The van der Waals surface area contributed by atoms with Crippen LogP contribution in [0, 0.1) is 5.92 Å². The lowest BCUT2D eigenvalue weighted by Gasteiger charge is -2.09. The number of rotatable bonds is 8. The molecule has 0 aromatic rings. The minimum absolute atomic E-state index is 0.132. The Hall–Kier alpha value is 0.230. The van der Waals surface area contributed by atoms with Crippen LogP contribution in [0.1, 0.15) is 12.8 Å². The number of aliphatic hydroxyl groups is 1. The van der Waals surface area contributed by atoms with Crippen LogP contribution < -0.4 is 5.32 Å². The largest absolute Gasteiger partial charge is 0.394 e. The van der Waals surface area contributed by atoms with Crippen LogP contribution in [0.25, 0.3) is 0 Å². The van der Waals surface area contributed by atoms with Crippen molar-refractivity contribution in [2.45, 2.75) is 12.8 Å². The molecule has 0 amide bonds. The third-order valence-electron chi connectivity index (χ3n) is 2.33. The normalized spacial score (nSPS) is 21.6. The van der Waals surface area contributed by atoms with Gasteiger partial charge in [-0.2, -0.15) is 11.8 Å². The molecule has 1 fully saturated rings. The first-order valence-corrected chi connectivity index (χ1v) is 6.56. The molecule has 2 N–H and O–H groups in total. The van der Waals surface area contributed by atoms with Gasteiger partial charge in [0.1, 0.15) is 0 Å². The summed E-state index contributed by atoms with van der Waals surface area (Å²) in [5.41, 5.74) is 0. The lowest BCUT2D eigenvalue weighted by atomic mass is 10.1. The van der Waals surface area contributed by atoms with Crippen molar-refractivity contribution in [1.29, 1.82) is 0 Å². The van der Waals surface area contributed by atoms with Crippen molar-refractivity contribution in [3.63, 3.8) is 0 Å². The molecular weight excluding hydrogens is 198 g/mol. The molecule has 0 aromatic carbocycles. The third-order valence-corrected chi connectivity index (χ3v) is 3.57. The second-order valence-electron chi connectivity index (χ2n) is 3.62. The predicted octanol–water partition coefficient (Wildman–Crippen LogP) is 0.728. The highest BCUT2D eigenvalue weighted by molar-refractivity contribution is 7.99. The van der Waals surface area contributed by atoms with Gasteiger partial charge in [0.05, 0.1) is 13.2 Å². The molecule has 1 unspecified atom stereocenters. The van der Waals surface area contributed by atoms with Crippen molar-refractivity contribution in [1.82, 2.24) is 5.32 Å². The first-order valence-electron chi connectivity index (χ1n) is 5.40. The van der Waals surface area contributed by atoms with Gasteiger partial charge in [0, 0.05) is 6.61 Å². The quantitative estimate of drug-likeness (QED) is 0.591. The van der Waals surface area contributed by atoms with Crippen LogP contribution in [-0.2, 0) is 4.74 Å². The van der Waals surface area contributed by atoms with Crippen LogP contribution in [-0.4, -0.2) is 49.5 Å². The monoisotopic (exact) mass is 219 g/mol. The molecule has 0 aromatic heterocycles. The SMILES string of the molecule is OCCOCCCNCC1CCSC1. The van der Waals surface area contributed by atoms with E-state index in [9.17, 15) is 0 Å². The smallest absolute Gasteiger partial charge is 0.0697 e. The molecule has 84 valence electrons. The molecule has 0 spiro atoms. The summed E-state index contributed by atoms with van der Waals surface area (Å²) in [6, 6.07) is 0. The van der Waals surface area contributed by atoms with Crippen molar-refractivity contribution in [2.24, 2.45) is 5.92 Å². The number of ether oxygens (including phenoxy) is 1. The highest BCUT2D eigenvalue weighted by Gasteiger charge is 2.13. The third kappa shape index (κ3) is 5.86. The number of hydrogen-bond donors (Lipinski definition) is 2. The van der Waals surface area contributed by atoms with Gasteiger partial charge in [0.25, 0.3) is 0 Å². The summed E-state index contributed by atoms with van der Waals surface area (Å²) in [5, 5.41) is 11.9. The van der Waals surface area contributed by atoms with Gasteiger partial charge in [-0.15, -0.1) is 0 Å². The maximum absolute atomic E-state index is 8.47. The summed E-state index contributed by atoms with van der Waals surface area (Å²) >= 11 is 2.06. The Labute approximate surface area is 90.6 Å². The van der Waals surface area contributed by atoms with E-state index in [2.05, 4.69) is 17.1 Å². The summed E-state index contributed by atoms with van der Waals surface area (Å²) in [6.45, 7) is 3.55. The topological polar surface area (TPSA) is 41.5 Å². The number of aliphatic hydroxyl groups excluding tert-OH is 1. The fourth-order valence-corrected chi connectivity index (χ4v) is 2.80. The molecule has 1 aliphatic heterocycles. The first kappa shape index (κ1) is 12.3. The van der Waals surface area contributed by atoms with Crippen molar-refractivity contribution < 1.29 is 9.84 Å². The predicted molar refractivity (Wildman–Crippen MR) is 60.8 cm³/mol. The Kier molecular flexibility index (Phi) is 7.50. The zero-order valence-electron chi connectivity index (χ0n) is 8.71. The number of hydrogen-bond acceptors (Lipinski definition) is 4. The second kappa shape index (κ2) is 8.53. The fraction of sp³-hybridized carbons (Fsp3) is 1.00. The molecule has 0 radical (unpaired) electrons. The lowest BCUT2D eigenvalue weighted by Crippen LogP contribution is -2.24. The standard InChI is InChI=1S/C10H21NO2S/c12-4-6-13-5-1-3-11-8-10-2-7-14-9-10/h10-12H,1-9H2. The minimum Gasteiger partial charge on any atom is -0.394 e. The molecule has 3 nitrogen and oxygen atoms in total. The van der Waals surface area contributed by atoms with Crippen LogP contribution in [0.4, 0.5) is 0 Å². The zero-order valence-corrected chi connectivity index (χ0v) is 9.52. The molecule has 1 aliphatic rings. The molecule has 1 saturated heterocycles. The Morgan fingerprint density at radius 2 is 2.36 bits per heavy atom. The molecule has 0 saturated carbocycles. The van der Waals surface area contributed by atoms with E-state index in [0.717, 1.165) is 32.0 Å². The highest BCUT2D eigenvalue weighted by atomic mass is 32.2. The van der Waals surface area contributed by atoms with Crippen LogP contribution in [0.5, 0.6) is 0 Å². The second-order valence-corrected chi connectivity index (χ2v) is 4.77. The van der Waals surface area contributed by atoms with Crippen molar-refractivity contribution in [2.75, 3.05) is 44.4 Å². The molecular formula is C10H21NO2S. The summed E-state index contributed by atoms with van der Waals surface area (Å²) in [4.78, 5) is 0. The van der Waals surface area contributed by atoms with Crippen LogP contribution in [0.3, 0.4) is 0 Å². The summed E-state index contributed by atoms with van der Waals surface area (Å²) < 4.78 is 5.16.